The summed E-state index contributed by atoms with van der Waals surface area (Å²) in [6.45, 7) is 4.79. The number of H-pyrrole nitrogens is 1. The molecular formula is C17H18N2OS. The molecule has 0 fully saturated rings. The number of hydrogen-bond donors (Lipinski definition) is 1. The van der Waals surface area contributed by atoms with E-state index in [1.54, 1.807) is 16.2 Å². The predicted octanol–water partition coefficient (Wildman–Crippen LogP) is 4.12. The number of thiophene rings is 1. The number of nitrogens with zero attached hydrogens (tertiary/aromatic N) is 1. The van der Waals surface area contributed by atoms with Crippen LogP contribution in [0.15, 0.2) is 35.7 Å². The first-order valence-electron chi connectivity index (χ1n) is 6.93. The van der Waals surface area contributed by atoms with Crippen LogP contribution >= 0.6 is 11.3 Å². The summed E-state index contributed by atoms with van der Waals surface area (Å²) in [5, 5.41) is 3.16. The zero-order valence-corrected chi connectivity index (χ0v) is 13.3. The van der Waals surface area contributed by atoms with E-state index < -0.39 is 0 Å². The Kier molecular flexibility index (Phi) is 3.55. The molecule has 0 spiro atoms. The molecule has 0 radical (unpaired) electrons. The van der Waals surface area contributed by atoms with Gasteiger partial charge in [0.25, 0.3) is 5.91 Å². The van der Waals surface area contributed by atoms with Crippen LogP contribution in [0.25, 0.3) is 10.9 Å². The van der Waals surface area contributed by atoms with Gasteiger partial charge in [0.05, 0.1) is 6.54 Å². The van der Waals surface area contributed by atoms with Crippen molar-refractivity contribution in [1.29, 1.82) is 0 Å². The molecule has 1 aromatic carbocycles. The van der Waals surface area contributed by atoms with E-state index in [0.717, 1.165) is 22.2 Å². The maximum Gasteiger partial charge on any atom is 0.253 e. The number of aromatic amines is 1. The second-order valence-electron chi connectivity index (χ2n) is 5.38. The molecule has 0 saturated carbocycles. The minimum Gasteiger partial charge on any atom is -0.358 e. The Hall–Kier alpha value is -2.07. The van der Waals surface area contributed by atoms with E-state index in [9.17, 15) is 4.79 Å². The fourth-order valence-electron chi connectivity index (χ4n) is 2.52. The summed E-state index contributed by atoms with van der Waals surface area (Å²) in [4.78, 5) is 18.8. The summed E-state index contributed by atoms with van der Waals surface area (Å²) < 4.78 is 0. The highest BCUT2D eigenvalue weighted by Crippen LogP contribution is 2.23. The molecular weight excluding hydrogens is 280 g/mol. The Morgan fingerprint density at radius 1 is 1.29 bits per heavy atom. The number of hydrogen-bond acceptors (Lipinski definition) is 2. The SMILES string of the molecule is Cc1[nH]c2ccc(C(=O)N(C)Cc3cccs3)cc2c1C. The van der Waals surface area contributed by atoms with Crippen LogP contribution in [0.5, 0.6) is 0 Å². The molecule has 0 saturated heterocycles. The molecule has 1 amide bonds. The first-order chi connectivity index (χ1) is 10.1. The lowest BCUT2D eigenvalue weighted by Gasteiger charge is -2.16. The van der Waals surface area contributed by atoms with Crippen molar-refractivity contribution in [2.24, 2.45) is 0 Å². The Bertz CT molecular complexity index is 787. The van der Waals surface area contributed by atoms with Crippen LogP contribution in [0.4, 0.5) is 0 Å². The van der Waals surface area contributed by atoms with Crippen LogP contribution in [0.3, 0.4) is 0 Å². The van der Waals surface area contributed by atoms with Crippen molar-refractivity contribution in [3.05, 3.63) is 57.4 Å². The number of rotatable bonds is 3. The van der Waals surface area contributed by atoms with Gasteiger partial charge in [-0.05, 0) is 49.1 Å². The van der Waals surface area contributed by atoms with Gasteiger partial charge in [-0.25, -0.2) is 0 Å². The normalized spacial score (nSPS) is 11.0. The highest BCUT2D eigenvalue weighted by atomic mass is 32.1. The summed E-state index contributed by atoms with van der Waals surface area (Å²) in [7, 11) is 1.85. The molecule has 4 heteroatoms. The molecule has 21 heavy (non-hydrogen) atoms. The van der Waals surface area contributed by atoms with Crippen molar-refractivity contribution in [2.75, 3.05) is 7.05 Å². The van der Waals surface area contributed by atoms with Gasteiger partial charge in [-0.3, -0.25) is 4.79 Å². The van der Waals surface area contributed by atoms with Crippen LogP contribution in [0.2, 0.25) is 0 Å². The largest absolute Gasteiger partial charge is 0.358 e. The predicted molar refractivity (Wildman–Crippen MR) is 87.9 cm³/mol. The molecule has 108 valence electrons. The summed E-state index contributed by atoms with van der Waals surface area (Å²) in [5.74, 6) is 0.0588. The lowest BCUT2D eigenvalue weighted by Crippen LogP contribution is -2.25. The minimum atomic E-state index is 0.0588. The second-order valence-corrected chi connectivity index (χ2v) is 6.41. The van der Waals surface area contributed by atoms with Gasteiger partial charge in [0, 0.05) is 34.1 Å². The minimum absolute atomic E-state index is 0.0588. The summed E-state index contributed by atoms with van der Waals surface area (Å²) in [6, 6.07) is 9.93. The molecule has 0 aliphatic heterocycles. The van der Waals surface area contributed by atoms with E-state index >= 15 is 0 Å². The van der Waals surface area contributed by atoms with Gasteiger partial charge < -0.3 is 9.88 Å². The molecule has 2 aromatic heterocycles. The number of carbonyl (C=O) groups excluding carboxylic acids is 1. The number of benzene rings is 1. The van der Waals surface area contributed by atoms with Gasteiger partial charge in [-0.1, -0.05) is 6.07 Å². The maximum atomic E-state index is 12.6. The van der Waals surface area contributed by atoms with Crippen molar-refractivity contribution in [3.63, 3.8) is 0 Å². The number of amides is 1. The van der Waals surface area contributed by atoms with E-state index in [1.165, 1.54) is 10.4 Å². The second kappa shape index (κ2) is 5.37. The first-order valence-corrected chi connectivity index (χ1v) is 7.81. The molecule has 0 bridgehead atoms. The molecule has 3 rings (SSSR count). The summed E-state index contributed by atoms with van der Waals surface area (Å²) >= 11 is 1.67. The van der Waals surface area contributed by atoms with Crippen molar-refractivity contribution >= 4 is 28.1 Å². The maximum absolute atomic E-state index is 12.6. The van der Waals surface area contributed by atoms with Gasteiger partial charge in [0.1, 0.15) is 0 Å². The van der Waals surface area contributed by atoms with Crippen molar-refractivity contribution < 1.29 is 4.79 Å². The van der Waals surface area contributed by atoms with Gasteiger partial charge >= 0.3 is 0 Å². The van der Waals surface area contributed by atoms with Crippen molar-refractivity contribution in [3.8, 4) is 0 Å². The quantitative estimate of drug-likeness (QED) is 0.776. The van der Waals surface area contributed by atoms with Gasteiger partial charge in [-0.15, -0.1) is 11.3 Å². The fourth-order valence-corrected chi connectivity index (χ4v) is 3.28. The number of carbonyl (C=O) groups is 1. The molecule has 0 atom stereocenters. The van der Waals surface area contributed by atoms with E-state index in [1.807, 2.05) is 36.7 Å². The number of fused-ring (bicyclic) bond motifs is 1. The highest BCUT2D eigenvalue weighted by Gasteiger charge is 2.14. The topological polar surface area (TPSA) is 36.1 Å². The molecule has 0 aliphatic carbocycles. The average Bonchev–Trinajstić information content (AvgIpc) is 3.07. The molecule has 0 unspecified atom stereocenters. The van der Waals surface area contributed by atoms with Crippen molar-refractivity contribution in [2.45, 2.75) is 20.4 Å². The Balaban J connectivity index is 1.88. The van der Waals surface area contributed by atoms with Crippen LogP contribution in [-0.2, 0) is 6.54 Å². The van der Waals surface area contributed by atoms with Crippen LogP contribution in [0, 0.1) is 13.8 Å². The Morgan fingerprint density at radius 2 is 2.10 bits per heavy atom. The Labute approximate surface area is 128 Å². The third kappa shape index (κ3) is 2.59. The molecule has 1 N–H and O–H groups in total. The van der Waals surface area contributed by atoms with Crippen LogP contribution in [0.1, 0.15) is 26.5 Å². The summed E-state index contributed by atoms with van der Waals surface area (Å²) in [6.07, 6.45) is 0. The Morgan fingerprint density at radius 3 is 2.81 bits per heavy atom. The third-order valence-corrected chi connectivity index (χ3v) is 4.74. The molecule has 3 aromatic rings. The van der Waals surface area contributed by atoms with E-state index in [4.69, 9.17) is 0 Å². The molecule has 0 aliphatic rings. The highest BCUT2D eigenvalue weighted by molar-refractivity contribution is 7.09. The lowest BCUT2D eigenvalue weighted by atomic mass is 10.1. The lowest BCUT2D eigenvalue weighted by molar-refractivity contribution is 0.0786. The number of nitrogens with one attached hydrogen (secondary N) is 1. The zero-order valence-electron chi connectivity index (χ0n) is 12.4. The summed E-state index contributed by atoms with van der Waals surface area (Å²) in [5.41, 5.74) is 4.19. The van der Waals surface area contributed by atoms with Crippen LogP contribution < -0.4 is 0 Å². The first kappa shape index (κ1) is 13.9. The van der Waals surface area contributed by atoms with E-state index in [0.29, 0.717) is 6.54 Å². The average molecular weight is 298 g/mol. The van der Waals surface area contributed by atoms with E-state index in [2.05, 4.69) is 24.9 Å². The number of aromatic nitrogens is 1. The van der Waals surface area contributed by atoms with Gasteiger partial charge in [0.15, 0.2) is 0 Å². The third-order valence-electron chi connectivity index (χ3n) is 3.88. The number of aryl methyl sites for hydroxylation is 2. The van der Waals surface area contributed by atoms with Gasteiger partial charge in [-0.2, -0.15) is 0 Å². The zero-order chi connectivity index (χ0) is 15.0. The smallest absolute Gasteiger partial charge is 0.253 e. The van der Waals surface area contributed by atoms with Crippen molar-refractivity contribution in [1.82, 2.24) is 9.88 Å². The standard InChI is InChI=1S/C17H18N2OS/c1-11-12(2)18-16-7-6-13(9-15(11)16)17(20)19(3)10-14-5-4-8-21-14/h4-9,18H,10H2,1-3H3. The molecule has 3 nitrogen and oxygen atoms in total. The monoisotopic (exact) mass is 298 g/mol. The fraction of sp³-hybridized carbons (Fsp3) is 0.235. The van der Waals surface area contributed by atoms with Crippen LogP contribution in [-0.4, -0.2) is 22.8 Å². The van der Waals surface area contributed by atoms with Gasteiger partial charge in [0.2, 0.25) is 0 Å². The van der Waals surface area contributed by atoms with E-state index in [-0.39, 0.29) is 5.91 Å². The molecule has 2 heterocycles.